The molecular formula is C19H24Cl3N3O2. The largest absolute Gasteiger partial charge is 0.334 e. The summed E-state index contributed by atoms with van der Waals surface area (Å²) in [6.45, 7) is 2.39. The van der Waals surface area contributed by atoms with E-state index >= 15 is 0 Å². The van der Waals surface area contributed by atoms with Crippen molar-refractivity contribution in [2.24, 2.45) is 0 Å². The van der Waals surface area contributed by atoms with E-state index in [1.165, 1.54) is 0 Å². The van der Waals surface area contributed by atoms with Crippen molar-refractivity contribution in [1.82, 2.24) is 15.1 Å². The molecule has 3 fully saturated rings. The van der Waals surface area contributed by atoms with Gasteiger partial charge in [-0.15, -0.1) is 12.4 Å². The molecule has 2 amide bonds. The number of benzene rings is 1. The Morgan fingerprint density at radius 2 is 1.85 bits per heavy atom. The number of hydrogen-bond acceptors (Lipinski definition) is 3. The molecule has 0 radical (unpaired) electrons. The van der Waals surface area contributed by atoms with Crippen LogP contribution in [-0.4, -0.2) is 59.4 Å². The third-order valence-electron chi connectivity index (χ3n) is 5.87. The van der Waals surface area contributed by atoms with Crippen LogP contribution in [0.2, 0.25) is 10.0 Å². The average Bonchev–Trinajstić information content (AvgIpc) is 3.19. The average molecular weight is 433 g/mol. The van der Waals surface area contributed by atoms with Crippen LogP contribution in [0.5, 0.6) is 0 Å². The fourth-order valence-electron chi connectivity index (χ4n) is 4.60. The fourth-order valence-corrected chi connectivity index (χ4v) is 4.97. The number of fused-ring (bicyclic) bond motifs is 2. The van der Waals surface area contributed by atoms with Crippen LogP contribution in [0, 0.1) is 0 Å². The van der Waals surface area contributed by atoms with E-state index in [2.05, 4.69) is 10.2 Å². The van der Waals surface area contributed by atoms with Gasteiger partial charge in [-0.1, -0.05) is 23.2 Å². The van der Waals surface area contributed by atoms with Crippen LogP contribution in [0.4, 0.5) is 0 Å². The summed E-state index contributed by atoms with van der Waals surface area (Å²) >= 11 is 12.3. The molecule has 3 saturated heterocycles. The highest BCUT2D eigenvalue weighted by Crippen LogP contribution is 2.32. The SMILES string of the molecule is Cl.O=C(c1cc(Cl)ccc1Cl)N1CCCC1C(=O)N1C2CCNCC1CC2. The maximum absolute atomic E-state index is 13.4. The molecule has 3 aliphatic heterocycles. The number of nitrogens with zero attached hydrogens (tertiary/aromatic N) is 2. The molecule has 8 heteroatoms. The van der Waals surface area contributed by atoms with E-state index in [0.717, 1.165) is 38.8 Å². The standard InChI is InChI=1S/C19H23Cl2N3O2.ClH/c20-12-3-6-16(21)15(10-12)18(25)23-9-1-2-17(23)19(26)24-13-4-5-14(24)11-22-8-7-13;/h3,6,10,13-14,17,22H,1-2,4-5,7-9,11H2;1H. The van der Waals surface area contributed by atoms with Crippen LogP contribution in [0.15, 0.2) is 18.2 Å². The van der Waals surface area contributed by atoms with Gasteiger partial charge in [0.05, 0.1) is 10.6 Å². The zero-order valence-electron chi connectivity index (χ0n) is 15.0. The second kappa shape index (κ2) is 8.56. The lowest BCUT2D eigenvalue weighted by atomic mass is 10.1. The lowest BCUT2D eigenvalue weighted by molar-refractivity contribution is -0.137. The molecule has 0 saturated carbocycles. The molecule has 5 nitrogen and oxygen atoms in total. The van der Waals surface area contributed by atoms with E-state index in [1.54, 1.807) is 23.1 Å². The highest BCUT2D eigenvalue weighted by atomic mass is 35.5. The van der Waals surface area contributed by atoms with Gasteiger partial charge in [0.2, 0.25) is 5.91 Å². The summed E-state index contributed by atoms with van der Waals surface area (Å²) in [5.41, 5.74) is 0.374. The summed E-state index contributed by atoms with van der Waals surface area (Å²) < 4.78 is 0. The molecule has 1 N–H and O–H groups in total. The highest BCUT2D eigenvalue weighted by molar-refractivity contribution is 6.35. The predicted octanol–water partition coefficient (Wildman–Crippen LogP) is 3.37. The molecule has 0 spiro atoms. The van der Waals surface area contributed by atoms with Crippen molar-refractivity contribution in [2.75, 3.05) is 19.6 Å². The number of hydrogen-bond donors (Lipinski definition) is 1. The Morgan fingerprint density at radius 3 is 2.67 bits per heavy atom. The maximum atomic E-state index is 13.4. The van der Waals surface area contributed by atoms with Crippen molar-refractivity contribution in [3.63, 3.8) is 0 Å². The first-order chi connectivity index (χ1) is 12.6. The number of halogens is 3. The summed E-state index contributed by atoms with van der Waals surface area (Å²) in [5.74, 6) is -0.0983. The van der Waals surface area contributed by atoms with E-state index in [0.29, 0.717) is 34.6 Å². The van der Waals surface area contributed by atoms with Gasteiger partial charge in [-0.2, -0.15) is 0 Å². The molecule has 0 aliphatic carbocycles. The van der Waals surface area contributed by atoms with Gasteiger partial charge in [0, 0.05) is 30.2 Å². The monoisotopic (exact) mass is 431 g/mol. The van der Waals surface area contributed by atoms with Gasteiger partial charge >= 0.3 is 0 Å². The van der Waals surface area contributed by atoms with Gasteiger partial charge in [0.15, 0.2) is 0 Å². The van der Waals surface area contributed by atoms with Crippen LogP contribution in [0.25, 0.3) is 0 Å². The van der Waals surface area contributed by atoms with E-state index in [-0.39, 0.29) is 30.3 Å². The zero-order chi connectivity index (χ0) is 18.3. The zero-order valence-corrected chi connectivity index (χ0v) is 17.3. The summed E-state index contributed by atoms with van der Waals surface area (Å²) in [6, 6.07) is 5.04. The van der Waals surface area contributed by atoms with E-state index in [1.807, 2.05) is 0 Å². The van der Waals surface area contributed by atoms with Crippen molar-refractivity contribution >= 4 is 47.4 Å². The van der Waals surface area contributed by atoms with E-state index < -0.39 is 6.04 Å². The Hall–Kier alpha value is -1.01. The minimum atomic E-state index is -0.390. The summed E-state index contributed by atoms with van der Waals surface area (Å²) in [7, 11) is 0. The predicted molar refractivity (Wildman–Crippen MR) is 109 cm³/mol. The number of amides is 2. The van der Waals surface area contributed by atoms with Gasteiger partial charge < -0.3 is 15.1 Å². The molecule has 1 aromatic carbocycles. The van der Waals surface area contributed by atoms with Crippen LogP contribution < -0.4 is 5.32 Å². The Kier molecular flexibility index (Phi) is 6.57. The Balaban J connectivity index is 0.00000210. The molecule has 3 heterocycles. The first-order valence-electron chi connectivity index (χ1n) is 9.35. The van der Waals surface area contributed by atoms with Gasteiger partial charge in [-0.25, -0.2) is 0 Å². The quantitative estimate of drug-likeness (QED) is 0.779. The molecule has 4 rings (SSSR count). The highest BCUT2D eigenvalue weighted by Gasteiger charge is 2.44. The minimum Gasteiger partial charge on any atom is -0.334 e. The summed E-state index contributed by atoms with van der Waals surface area (Å²) in [5, 5.41) is 4.26. The number of carbonyl (C=O) groups is 2. The number of carbonyl (C=O) groups excluding carboxylic acids is 2. The molecule has 148 valence electrons. The topological polar surface area (TPSA) is 52.7 Å². The first kappa shape index (κ1) is 20.7. The van der Waals surface area contributed by atoms with Gasteiger partial charge in [-0.3, -0.25) is 9.59 Å². The Bertz CT molecular complexity index is 716. The van der Waals surface area contributed by atoms with Crippen LogP contribution in [0.3, 0.4) is 0 Å². The summed E-state index contributed by atoms with van der Waals surface area (Å²) in [6.07, 6.45) is 4.65. The fraction of sp³-hybridized carbons (Fsp3) is 0.579. The third-order valence-corrected chi connectivity index (χ3v) is 6.43. The Morgan fingerprint density at radius 1 is 1.07 bits per heavy atom. The molecule has 3 unspecified atom stereocenters. The number of likely N-dealkylation sites (tertiary alicyclic amines) is 1. The van der Waals surface area contributed by atoms with Crippen molar-refractivity contribution in [3.8, 4) is 0 Å². The normalized spacial score (nSPS) is 27.3. The number of nitrogens with one attached hydrogen (secondary N) is 1. The second-order valence-electron chi connectivity index (χ2n) is 7.40. The van der Waals surface area contributed by atoms with Gasteiger partial charge in [0.25, 0.3) is 5.91 Å². The minimum absolute atomic E-state index is 0. The lowest BCUT2D eigenvalue weighted by Gasteiger charge is -2.34. The van der Waals surface area contributed by atoms with E-state index in [9.17, 15) is 9.59 Å². The van der Waals surface area contributed by atoms with Gasteiger partial charge in [0.1, 0.15) is 6.04 Å². The van der Waals surface area contributed by atoms with Crippen molar-refractivity contribution < 1.29 is 9.59 Å². The molecule has 3 atom stereocenters. The molecule has 2 bridgehead atoms. The molecule has 27 heavy (non-hydrogen) atoms. The van der Waals surface area contributed by atoms with Crippen molar-refractivity contribution in [1.29, 1.82) is 0 Å². The molecular weight excluding hydrogens is 409 g/mol. The van der Waals surface area contributed by atoms with Gasteiger partial charge in [-0.05, 0) is 56.8 Å². The number of rotatable bonds is 2. The Labute approximate surface area is 175 Å². The third kappa shape index (κ3) is 3.93. The van der Waals surface area contributed by atoms with Crippen molar-refractivity contribution in [3.05, 3.63) is 33.8 Å². The molecule has 1 aromatic rings. The summed E-state index contributed by atoms with van der Waals surface area (Å²) in [4.78, 5) is 30.2. The molecule has 3 aliphatic rings. The molecule has 0 aromatic heterocycles. The lowest BCUT2D eigenvalue weighted by Crippen LogP contribution is -2.52. The first-order valence-corrected chi connectivity index (χ1v) is 10.1. The smallest absolute Gasteiger partial charge is 0.256 e. The van der Waals surface area contributed by atoms with Crippen LogP contribution in [-0.2, 0) is 4.79 Å². The van der Waals surface area contributed by atoms with Crippen LogP contribution in [0.1, 0.15) is 42.5 Å². The van der Waals surface area contributed by atoms with Crippen LogP contribution >= 0.6 is 35.6 Å². The van der Waals surface area contributed by atoms with E-state index in [4.69, 9.17) is 23.2 Å². The second-order valence-corrected chi connectivity index (χ2v) is 8.25. The maximum Gasteiger partial charge on any atom is 0.256 e. The van der Waals surface area contributed by atoms with Crippen molar-refractivity contribution in [2.45, 2.75) is 50.2 Å².